The van der Waals surface area contributed by atoms with Crippen molar-refractivity contribution < 1.29 is 4.79 Å². The molecule has 2 heterocycles. The monoisotopic (exact) mass is 291 g/mol. The van der Waals surface area contributed by atoms with Crippen molar-refractivity contribution >= 4 is 33.1 Å². The number of carbonyl (C=O) groups is 1. The predicted octanol–water partition coefficient (Wildman–Crippen LogP) is 3.41. The third-order valence-electron chi connectivity index (χ3n) is 3.55. The van der Waals surface area contributed by atoms with Gasteiger partial charge in [-0.15, -0.1) is 11.3 Å². The molecule has 0 saturated carbocycles. The van der Waals surface area contributed by atoms with Crippen LogP contribution in [0.3, 0.4) is 0 Å². The maximum absolute atomic E-state index is 12.4. The van der Waals surface area contributed by atoms with Crippen LogP contribution in [0, 0.1) is 13.8 Å². The zero-order valence-corrected chi connectivity index (χ0v) is 13.2. The molecule has 2 aromatic heterocycles. The van der Waals surface area contributed by atoms with E-state index in [9.17, 15) is 4.79 Å². The molecule has 0 aliphatic rings. The molecule has 2 aromatic rings. The lowest BCUT2D eigenvalue weighted by Gasteiger charge is -2.14. The highest BCUT2D eigenvalue weighted by atomic mass is 32.1. The summed E-state index contributed by atoms with van der Waals surface area (Å²) in [6, 6.07) is 2.19. The van der Waals surface area contributed by atoms with Crippen molar-refractivity contribution in [2.45, 2.75) is 46.6 Å². The number of carbonyl (C=O) groups excluding carboxylic acids is 1. The number of fused-ring (bicyclic) bond motifs is 1. The molecule has 0 atom stereocenters. The van der Waals surface area contributed by atoms with E-state index in [-0.39, 0.29) is 11.9 Å². The fraction of sp³-hybridized carbons (Fsp3) is 0.467. The molecular weight excluding hydrogens is 270 g/mol. The molecule has 0 fully saturated rings. The van der Waals surface area contributed by atoms with Crippen LogP contribution in [-0.4, -0.2) is 16.9 Å². The van der Waals surface area contributed by atoms with Crippen LogP contribution in [0.15, 0.2) is 6.07 Å². The summed E-state index contributed by atoms with van der Waals surface area (Å²) in [4.78, 5) is 18.2. The Hall–Kier alpha value is -1.62. The largest absolute Gasteiger partial charge is 0.397 e. The van der Waals surface area contributed by atoms with E-state index in [1.165, 1.54) is 11.3 Å². The highest BCUT2D eigenvalue weighted by molar-refractivity contribution is 7.21. The Bertz CT molecular complexity index is 644. The van der Waals surface area contributed by atoms with E-state index in [0.717, 1.165) is 34.3 Å². The number of rotatable bonds is 4. The van der Waals surface area contributed by atoms with E-state index < -0.39 is 0 Å². The topological polar surface area (TPSA) is 68.0 Å². The van der Waals surface area contributed by atoms with Gasteiger partial charge in [-0.3, -0.25) is 4.79 Å². The summed E-state index contributed by atoms with van der Waals surface area (Å²) in [5.41, 5.74) is 8.73. The van der Waals surface area contributed by atoms with E-state index in [2.05, 4.69) is 24.1 Å². The van der Waals surface area contributed by atoms with E-state index >= 15 is 0 Å². The van der Waals surface area contributed by atoms with Crippen LogP contribution in [0.4, 0.5) is 5.69 Å². The number of nitrogen functional groups attached to an aromatic ring is 1. The van der Waals surface area contributed by atoms with E-state index in [0.29, 0.717) is 10.6 Å². The fourth-order valence-corrected chi connectivity index (χ4v) is 3.50. The first kappa shape index (κ1) is 14.8. The lowest BCUT2D eigenvalue weighted by Crippen LogP contribution is -2.33. The second-order valence-electron chi connectivity index (χ2n) is 5.09. The van der Waals surface area contributed by atoms with Crippen molar-refractivity contribution in [3.8, 4) is 0 Å². The Labute approximate surface area is 123 Å². The second-order valence-corrected chi connectivity index (χ2v) is 6.09. The average molecular weight is 291 g/mol. The Kier molecular flexibility index (Phi) is 4.28. The van der Waals surface area contributed by atoms with Gasteiger partial charge < -0.3 is 11.1 Å². The summed E-state index contributed by atoms with van der Waals surface area (Å²) in [6.07, 6.45) is 1.84. The number of hydrogen-bond acceptors (Lipinski definition) is 4. The third-order valence-corrected chi connectivity index (χ3v) is 4.65. The lowest BCUT2D eigenvalue weighted by atomic mass is 10.1. The molecule has 0 bridgehead atoms. The quantitative estimate of drug-likeness (QED) is 0.907. The number of nitrogens with one attached hydrogen (secondary N) is 1. The SMILES string of the molecule is CCC(CC)NC(=O)c1sc2nc(C)cc(C)c2c1N. The molecule has 0 aliphatic heterocycles. The van der Waals surface area contributed by atoms with Crippen LogP contribution in [0.5, 0.6) is 0 Å². The first-order chi connectivity index (χ1) is 9.47. The number of nitrogens with zero attached hydrogens (tertiary/aromatic N) is 1. The van der Waals surface area contributed by atoms with Gasteiger partial charge in [0, 0.05) is 17.1 Å². The highest BCUT2D eigenvalue weighted by Crippen LogP contribution is 2.34. The molecule has 0 aliphatic carbocycles. The lowest BCUT2D eigenvalue weighted by molar-refractivity contribution is 0.0940. The minimum atomic E-state index is -0.0868. The highest BCUT2D eigenvalue weighted by Gasteiger charge is 2.20. The van der Waals surface area contributed by atoms with Gasteiger partial charge in [-0.05, 0) is 38.3 Å². The van der Waals surface area contributed by atoms with E-state index in [1.807, 2.05) is 19.9 Å². The maximum atomic E-state index is 12.4. The van der Waals surface area contributed by atoms with Crippen molar-refractivity contribution in [1.29, 1.82) is 0 Å². The molecule has 0 saturated heterocycles. The molecule has 2 rings (SSSR count). The van der Waals surface area contributed by atoms with Crippen molar-refractivity contribution in [3.05, 3.63) is 22.2 Å². The number of aromatic nitrogens is 1. The van der Waals surface area contributed by atoms with Gasteiger partial charge in [-0.25, -0.2) is 4.98 Å². The van der Waals surface area contributed by atoms with Crippen molar-refractivity contribution in [2.24, 2.45) is 0 Å². The number of pyridine rings is 1. The number of anilines is 1. The Balaban J connectivity index is 2.43. The van der Waals surface area contributed by atoms with Gasteiger partial charge in [0.1, 0.15) is 9.71 Å². The van der Waals surface area contributed by atoms with Crippen molar-refractivity contribution in [3.63, 3.8) is 0 Å². The van der Waals surface area contributed by atoms with Crippen LogP contribution in [0.25, 0.3) is 10.2 Å². The second kappa shape index (κ2) is 5.79. The molecule has 0 radical (unpaired) electrons. The Morgan fingerprint density at radius 1 is 1.40 bits per heavy atom. The van der Waals surface area contributed by atoms with Gasteiger partial charge in [0.25, 0.3) is 5.91 Å². The fourth-order valence-electron chi connectivity index (χ4n) is 2.38. The smallest absolute Gasteiger partial charge is 0.263 e. The summed E-state index contributed by atoms with van der Waals surface area (Å²) >= 11 is 1.38. The summed E-state index contributed by atoms with van der Waals surface area (Å²) in [7, 11) is 0. The standard InChI is InChI=1S/C15H21N3OS/c1-5-10(6-2)18-14(19)13-12(16)11-8(3)7-9(4)17-15(11)20-13/h7,10H,5-6,16H2,1-4H3,(H,18,19). The number of aryl methyl sites for hydroxylation is 2. The van der Waals surface area contributed by atoms with Crippen molar-refractivity contribution in [2.75, 3.05) is 5.73 Å². The van der Waals surface area contributed by atoms with Gasteiger partial charge in [-0.1, -0.05) is 13.8 Å². The molecule has 1 amide bonds. The third kappa shape index (κ3) is 2.63. The van der Waals surface area contributed by atoms with Crippen molar-refractivity contribution in [1.82, 2.24) is 10.3 Å². The van der Waals surface area contributed by atoms with Crippen LogP contribution >= 0.6 is 11.3 Å². The number of thiophene rings is 1. The predicted molar refractivity (Wildman–Crippen MR) is 85.3 cm³/mol. The average Bonchev–Trinajstić information content (AvgIpc) is 2.73. The zero-order valence-electron chi connectivity index (χ0n) is 12.4. The Morgan fingerprint density at radius 2 is 2.05 bits per heavy atom. The van der Waals surface area contributed by atoms with Gasteiger partial charge in [-0.2, -0.15) is 0 Å². The number of hydrogen-bond donors (Lipinski definition) is 2. The van der Waals surface area contributed by atoms with E-state index in [1.54, 1.807) is 0 Å². The molecule has 0 aromatic carbocycles. The summed E-state index contributed by atoms with van der Waals surface area (Å²) < 4.78 is 0. The first-order valence-corrected chi connectivity index (χ1v) is 7.76. The molecule has 108 valence electrons. The number of amides is 1. The molecule has 20 heavy (non-hydrogen) atoms. The zero-order chi connectivity index (χ0) is 14.9. The van der Waals surface area contributed by atoms with E-state index in [4.69, 9.17) is 5.73 Å². The van der Waals surface area contributed by atoms with Gasteiger partial charge in [0.05, 0.1) is 5.69 Å². The van der Waals surface area contributed by atoms with Crippen LogP contribution in [-0.2, 0) is 0 Å². The van der Waals surface area contributed by atoms with Crippen LogP contribution in [0.2, 0.25) is 0 Å². The molecular formula is C15H21N3OS. The van der Waals surface area contributed by atoms with Gasteiger partial charge in [0.15, 0.2) is 0 Å². The minimum absolute atomic E-state index is 0.0868. The van der Waals surface area contributed by atoms with Crippen LogP contribution < -0.4 is 11.1 Å². The van der Waals surface area contributed by atoms with Crippen LogP contribution in [0.1, 0.15) is 47.6 Å². The number of nitrogens with two attached hydrogens (primary N) is 1. The molecule has 3 N–H and O–H groups in total. The maximum Gasteiger partial charge on any atom is 0.263 e. The summed E-state index contributed by atoms with van der Waals surface area (Å²) in [6.45, 7) is 8.09. The first-order valence-electron chi connectivity index (χ1n) is 6.94. The molecule has 5 heteroatoms. The van der Waals surface area contributed by atoms with Gasteiger partial charge >= 0.3 is 0 Å². The van der Waals surface area contributed by atoms with Gasteiger partial charge in [0.2, 0.25) is 0 Å². The normalized spacial score (nSPS) is 11.2. The molecule has 4 nitrogen and oxygen atoms in total. The summed E-state index contributed by atoms with van der Waals surface area (Å²) in [5, 5.41) is 3.94. The molecule has 0 unspecified atom stereocenters. The summed E-state index contributed by atoms with van der Waals surface area (Å²) in [5.74, 6) is -0.0868. The minimum Gasteiger partial charge on any atom is -0.397 e. The molecule has 0 spiro atoms. The Morgan fingerprint density at radius 3 is 2.65 bits per heavy atom.